The van der Waals surface area contributed by atoms with E-state index in [1.807, 2.05) is 6.92 Å². The summed E-state index contributed by atoms with van der Waals surface area (Å²) in [5.41, 5.74) is 1.89. The van der Waals surface area contributed by atoms with Gasteiger partial charge in [0.2, 0.25) is 11.7 Å². The molecule has 10 heteroatoms. The Kier molecular flexibility index (Phi) is 5.12. The summed E-state index contributed by atoms with van der Waals surface area (Å²) in [6, 6.07) is 6.93. The third-order valence-electron chi connectivity index (χ3n) is 4.42. The third-order valence-corrected chi connectivity index (χ3v) is 5.45. The highest BCUT2D eigenvalue weighted by molar-refractivity contribution is 7.90. The van der Waals surface area contributed by atoms with E-state index in [-0.39, 0.29) is 10.7 Å². The van der Waals surface area contributed by atoms with Crippen LogP contribution in [0.25, 0.3) is 33.5 Å². The molecule has 0 bridgehead atoms. The fourth-order valence-corrected chi connectivity index (χ4v) is 3.76. The van der Waals surface area contributed by atoms with Crippen LogP contribution in [0.15, 0.2) is 44.9 Å². The van der Waals surface area contributed by atoms with Crippen molar-refractivity contribution in [3.8, 4) is 22.5 Å². The summed E-state index contributed by atoms with van der Waals surface area (Å²) in [5, 5.41) is 5.11. The maximum Gasteiger partial charge on any atom is 0.344 e. The lowest BCUT2D eigenvalue weighted by Gasteiger charge is -2.12. The Morgan fingerprint density at radius 3 is 2.66 bits per heavy atom. The SMILES string of the molecule is CCn1c(=O)c(-c2ccc(-c3noc(C)n3)cc2Cl)cc2cnc([S+](C)[O-])nc21. The van der Waals surface area contributed by atoms with Crippen molar-refractivity contribution in [2.24, 2.45) is 0 Å². The van der Waals surface area contributed by atoms with Gasteiger partial charge in [-0.15, -0.1) is 0 Å². The Morgan fingerprint density at radius 1 is 1.24 bits per heavy atom. The van der Waals surface area contributed by atoms with Crippen molar-refractivity contribution in [2.75, 3.05) is 6.26 Å². The quantitative estimate of drug-likeness (QED) is 0.361. The zero-order valence-electron chi connectivity index (χ0n) is 15.8. The van der Waals surface area contributed by atoms with Gasteiger partial charge in [-0.2, -0.15) is 15.0 Å². The third kappa shape index (κ3) is 3.52. The molecule has 8 nitrogen and oxygen atoms in total. The standard InChI is InChI=1S/C19H16ClN5O3S/c1-4-25-17-12(9-21-19(23-17)29(3)27)7-14(18(25)26)13-6-5-11(8-15(13)20)16-22-10(2)28-24-16/h5-9H,4H2,1-3H3. The predicted molar refractivity (Wildman–Crippen MR) is 110 cm³/mol. The molecule has 1 unspecified atom stereocenters. The first-order valence-electron chi connectivity index (χ1n) is 8.73. The van der Waals surface area contributed by atoms with Gasteiger partial charge in [0.1, 0.15) is 6.26 Å². The minimum absolute atomic E-state index is 0.185. The van der Waals surface area contributed by atoms with Crippen molar-refractivity contribution >= 4 is 33.8 Å². The number of fused-ring (bicyclic) bond motifs is 1. The van der Waals surface area contributed by atoms with Crippen LogP contribution >= 0.6 is 11.6 Å². The van der Waals surface area contributed by atoms with Crippen LogP contribution < -0.4 is 5.56 Å². The summed E-state index contributed by atoms with van der Waals surface area (Å²) < 4.78 is 18.2. The minimum atomic E-state index is -1.34. The van der Waals surface area contributed by atoms with E-state index in [1.54, 1.807) is 37.4 Å². The molecule has 1 atom stereocenters. The topological polar surface area (TPSA) is 110 Å². The highest BCUT2D eigenvalue weighted by Gasteiger charge is 2.18. The van der Waals surface area contributed by atoms with Gasteiger partial charge in [0.15, 0.2) is 5.65 Å². The van der Waals surface area contributed by atoms with Crippen molar-refractivity contribution in [3.63, 3.8) is 0 Å². The van der Waals surface area contributed by atoms with E-state index >= 15 is 0 Å². The summed E-state index contributed by atoms with van der Waals surface area (Å²) in [5.74, 6) is 0.877. The Hall–Kier alpha value is -2.75. The smallest absolute Gasteiger partial charge is 0.344 e. The van der Waals surface area contributed by atoms with Crippen LogP contribution in [-0.2, 0) is 17.7 Å². The number of rotatable bonds is 4. The molecular weight excluding hydrogens is 414 g/mol. The number of hydrogen-bond acceptors (Lipinski definition) is 7. The van der Waals surface area contributed by atoms with E-state index in [4.69, 9.17) is 16.1 Å². The molecule has 0 radical (unpaired) electrons. The molecule has 4 rings (SSSR count). The van der Waals surface area contributed by atoms with E-state index in [0.717, 1.165) is 0 Å². The van der Waals surface area contributed by atoms with Crippen molar-refractivity contribution in [1.29, 1.82) is 0 Å². The molecule has 0 amide bonds. The Labute approximate surface area is 173 Å². The zero-order chi connectivity index (χ0) is 20.7. The van der Waals surface area contributed by atoms with Crippen LogP contribution in [0.4, 0.5) is 0 Å². The monoisotopic (exact) mass is 429 g/mol. The van der Waals surface area contributed by atoms with E-state index in [9.17, 15) is 9.35 Å². The maximum atomic E-state index is 13.1. The highest BCUT2D eigenvalue weighted by Crippen LogP contribution is 2.31. The van der Waals surface area contributed by atoms with Crippen LogP contribution in [0.1, 0.15) is 12.8 Å². The fourth-order valence-electron chi connectivity index (χ4n) is 3.06. The van der Waals surface area contributed by atoms with E-state index < -0.39 is 11.2 Å². The van der Waals surface area contributed by atoms with Gasteiger partial charge in [0.25, 0.3) is 5.56 Å². The van der Waals surface area contributed by atoms with Gasteiger partial charge in [-0.1, -0.05) is 28.9 Å². The molecule has 0 N–H and O–H groups in total. The maximum absolute atomic E-state index is 13.1. The van der Waals surface area contributed by atoms with Gasteiger partial charge in [-0.25, -0.2) is 0 Å². The Morgan fingerprint density at radius 2 is 2.03 bits per heavy atom. The highest BCUT2D eigenvalue weighted by atomic mass is 35.5. The van der Waals surface area contributed by atoms with Crippen LogP contribution in [0.3, 0.4) is 0 Å². The van der Waals surface area contributed by atoms with Gasteiger partial charge in [-0.05, 0) is 19.1 Å². The van der Waals surface area contributed by atoms with E-state index in [2.05, 4.69) is 20.1 Å². The normalized spacial score (nSPS) is 12.4. The van der Waals surface area contributed by atoms with Gasteiger partial charge >= 0.3 is 5.16 Å². The number of pyridine rings is 1. The van der Waals surface area contributed by atoms with Gasteiger partial charge in [0, 0.05) is 57.9 Å². The molecule has 0 aliphatic heterocycles. The molecule has 0 aliphatic rings. The van der Waals surface area contributed by atoms with E-state index in [0.29, 0.717) is 51.0 Å². The van der Waals surface area contributed by atoms with E-state index in [1.165, 1.54) is 10.8 Å². The number of hydrogen-bond donors (Lipinski definition) is 0. The Bertz CT molecular complexity index is 1280. The largest absolute Gasteiger partial charge is 0.609 e. The van der Waals surface area contributed by atoms with Crippen molar-refractivity contribution < 1.29 is 9.08 Å². The van der Waals surface area contributed by atoms with Crippen LogP contribution in [0, 0.1) is 6.92 Å². The lowest BCUT2D eigenvalue weighted by molar-refractivity contribution is 0.394. The van der Waals surface area contributed by atoms with Gasteiger partial charge in [0.05, 0.1) is 0 Å². The number of halogens is 1. The second kappa shape index (κ2) is 7.58. The summed E-state index contributed by atoms with van der Waals surface area (Å²) in [6.45, 7) is 3.95. The molecule has 0 saturated heterocycles. The van der Waals surface area contributed by atoms with Crippen LogP contribution in [0.2, 0.25) is 5.02 Å². The molecule has 0 fully saturated rings. The molecular formula is C19H16ClN5O3S. The molecule has 3 heterocycles. The summed E-state index contributed by atoms with van der Waals surface area (Å²) in [7, 11) is 0. The molecule has 3 aromatic heterocycles. The average Bonchev–Trinajstić information content (AvgIpc) is 3.13. The predicted octanol–water partition coefficient (Wildman–Crippen LogP) is 3.23. The molecule has 0 saturated carbocycles. The number of benzene rings is 1. The first-order chi connectivity index (χ1) is 13.9. The second-order valence-electron chi connectivity index (χ2n) is 6.32. The van der Waals surface area contributed by atoms with Gasteiger partial charge < -0.3 is 9.08 Å². The fraction of sp³-hybridized carbons (Fsp3) is 0.211. The minimum Gasteiger partial charge on any atom is -0.609 e. The molecule has 4 aromatic rings. The summed E-state index contributed by atoms with van der Waals surface area (Å²) >= 11 is 5.16. The van der Waals surface area contributed by atoms with Crippen molar-refractivity contribution in [2.45, 2.75) is 25.5 Å². The van der Waals surface area contributed by atoms with Crippen molar-refractivity contribution in [1.82, 2.24) is 24.7 Å². The number of aromatic nitrogens is 5. The molecule has 29 heavy (non-hydrogen) atoms. The summed E-state index contributed by atoms with van der Waals surface area (Å²) in [6.07, 6.45) is 3.06. The first kappa shape index (κ1) is 19.6. The van der Waals surface area contributed by atoms with Crippen LogP contribution in [0.5, 0.6) is 0 Å². The number of nitrogens with zero attached hydrogens (tertiary/aromatic N) is 5. The lowest BCUT2D eigenvalue weighted by Crippen LogP contribution is -2.23. The van der Waals surface area contributed by atoms with Crippen LogP contribution in [-0.4, -0.2) is 35.5 Å². The van der Waals surface area contributed by atoms with Crippen molar-refractivity contribution in [3.05, 3.63) is 51.7 Å². The zero-order valence-corrected chi connectivity index (χ0v) is 17.4. The Balaban J connectivity index is 1.89. The first-order valence-corrected chi connectivity index (χ1v) is 10.7. The average molecular weight is 430 g/mol. The molecule has 0 spiro atoms. The molecule has 1 aromatic carbocycles. The number of aryl methyl sites for hydroxylation is 2. The van der Waals surface area contributed by atoms with Gasteiger partial charge in [-0.3, -0.25) is 9.36 Å². The summed E-state index contributed by atoms with van der Waals surface area (Å²) in [4.78, 5) is 25.8. The molecule has 148 valence electrons. The second-order valence-corrected chi connectivity index (χ2v) is 8.01. The molecule has 0 aliphatic carbocycles. The lowest BCUT2D eigenvalue weighted by atomic mass is 10.0.